The predicted molar refractivity (Wildman–Crippen MR) is 71.5 cm³/mol. The molecule has 0 spiro atoms. The van der Waals surface area contributed by atoms with Gasteiger partial charge in [0.25, 0.3) is 0 Å². The summed E-state index contributed by atoms with van der Waals surface area (Å²) in [5, 5.41) is 8.89. The monoisotopic (exact) mass is 293 g/mol. The third-order valence-electron chi connectivity index (χ3n) is 1.52. The Bertz CT molecular complexity index is 500. The Labute approximate surface area is 112 Å². The number of halogens is 1. The summed E-state index contributed by atoms with van der Waals surface area (Å²) < 4.78 is 23.0. The second-order valence-electron chi connectivity index (χ2n) is 3.86. The molecule has 0 bridgehead atoms. The second-order valence-corrected chi connectivity index (χ2v) is 6.08. The first kappa shape index (κ1) is 16.9. The molecule has 0 aliphatic rings. The molecule has 0 amide bonds. The molecule has 0 heterocycles. The maximum absolute atomic E-state index is 10.3. The fraction of sp³-hybridized carbons (Fsp3) is 0.364. The van der Waals surface area contributed by atoms with Crippen LogP contribution >= 0.6 is 11.6 Å². The number of nitrogens with one attached hydrogen (secondary N) is 1. The number of hydrogen-bond acceptors (Lipinski definition) is 3. The zero-order chi connectivity index (χ0) is 14.3. The third kappa shape index (κ3) is 8.98. The van der Waals surface area contributed by atoms with Crippen LogP contribution in [0.1, 0.15) is 24.2 Å². The minimum atomic E-state index is -2.97. The average molecular weight is 294 g/mol. The fourth-order valence-electron chi connectivity index (χ4n) is 1.05. The fourth-order valence-corrected chi connectivity index (χ4v) is 2.10. The molecule has 18 heavy (non-hydrogen) atoms. The molecule has 0 aliphatic carbocycles. The van der Waals surface area contributed by atoms with E-state index in [4.69, 9.17) is 16.7 Å². The third-order valence-corrected chi connectivity index (χ3v) is 2.66. The SMILES string of the molecule is CC(C)NS(C)(=O)=O.O=C(O)c1cccc(Cl)c1. The molecule has 5 nitrogen and oxygen atoms in total. The van der Waals surface area contributed by atoms with Gasteiger partial charge in [-0.1, -0.05) is 17.7 Å². The molecule has 1 aromatic carbocycles. The van der Waals surface area contributed by atoms with Crippen LogP contribution in [0.5, 0.6) is 0 Å². The Morgan fingerprint density at radius 2 is 1.94 bits per heavy atom. The van der Waals surface area contributed by atoms with E-state index >= 15 is 0 Å². The van der Waals surface area contributed by atoms with Crippen molar-refractivity contribution in [2.75, 3.05) is 6.26 Å². The normalized spacial score (nSPS) is 10.7. The molecule has 1 rings (SSSR count). The summed E-state index contributed by atoms with van der Waals surface area (Å²) in [6.45, 7) is 3.56. The maximum Gasteiger partial charge on any atom is 0.335 e. The van der Waals surface area contributed by atoms with Crippen LogP contribution in [0.15, 0.2) is 24.3 Å². The summed E-state index contributed by atoms with van der Waals surface area (Å²) in [5.74, 6) is -0.956. The zero-order valence-electron chi connectivity index (χ0n) is 10.3. The van der Waals surface area contributed by atoms with Gasteiger partial charge in [0.15, 0.2) is 0 Å². The maximum atomic E-state index is 10.3. The number of carboxylic acids is 1. The van der Waals surface area contributed by atoms with Gasteiger partial charge in [0.2, 0.25) is 10.0 Å². The Morgan fingerprint density at radius 3 is 2.17 bits per heavy atom. The van der Waals surface area contributed by atoms with Gasteiger partial charge in [0, 0.05) is 11.1 Å². The van der Waals surface area contributed by atoms with Crippen molar-refractivity contribution < 1.29 is 18.3 Å². The van der Waals surface area contributed by atoms with Crippen LogP contribution in [0.2, 0.25) is 5.02 Å². The lowest BCUT2D eigenvalue weighted by molar-refractivity contribution is 0.0697. The van der Waals surface area contributed by atoms with Crippen LogP contribution in [0, 0.1) is 0 Å². The van der Waals surface area contributed by atoms with E-state index in [9.17, 15) is 13.2 Å². The molecule has 102 valence electrons. The minimum Gasteiger partial charge on any atom is -0.478 e. The van der Waals surface area contributed by atoms with Gasteiger partial charge < -0.3 is 5.11 Å². The van der Waals surface area contributed by atoms with Gasteiger partial charge in [-0.15, -0.1) is 0 Å². The topological polar surface area (TPSA) is 83.5 Å². The molecule has 7 heteroatoms. The number of sulfonamides is 1. The first-order valence-electron chi connectivity index (χ1n) is 5.08. The molecule has 0 radical (unpaired) electrons. The number of carboxylic acid groups (broad SMARTS) is 1. The number of benzene rings is 1. The molecule has 1 aromatic rings. The van der Waals surface area contributed by atoms with Gasteiger partial charge in [-0.25, -0.2) is 17.9 Å². The first-order chi connectivity index (χ1) is 8.11. The predicted octanol–water partition coefficient (Wildman–Crippen LogP) is 1.98. The standard InChI is InChI=1S/C7H5ClO2.C4H11NO2S/c8-6-3-1-2-5(4-6)7(9)10;1-4(2)5-8(3,6)7/h1-4H,(H,9,10);4-5H,1-3H3. The summed E-state index contributed by atoms with van der Waals surface area (Å²) in [5.41, 5.74) is 0.215. The summed E-state index contributed by atoms with van der Waals surface area (Å²) in [6, 6.07) is 6.14. The molecule has 0 atom stereocenters. The molecule has 0 saturated heterocycles. The minimum absolute atomic E-state index is 0.00463. The van der Waals surface area contributed by atoms with Crippen molar-refractivity contribution in [1.82, 2.24) is 4.72 Å². The number of rotatable bonds is 3. The van der Waals surface area contributed by atoms with Gasteiger partial charge in [-0.05, 0) is 32.0 Å². The lowest BCUT2D eigenvalue weighted by Gasteiger charge is -2.02. The first-order valence-corrected chi connectivity index (χ1v) is 7.35. The van der Waals surface area contributed by atoms with Crippen molar-refractivity contribution in [2.24, 2.45) is 0 Å². The zero-order valence-corrected chi connectivity index (χ0v) is 11.9. The van der Waals surface area contributed by atoms with E-state index in [-0.39, 0.29) is 11.6 Å². The van der Waals surface area contributed by atoms with Crippen molar-refractivity contribution >= 4 is 27.6 Å². The highest BCUT2D eigenvalue weighted by Gasteiger charge is 2.01. The van der Waals surface area contributed by atoms with Crippen LogP contribution in [-0.2, 0) is 10.0 Å². The molecular weight excluding hydrogens is 278 g/mol. The summed E-state index contributed by atoms with van der Waals surface area (Å²) in [7, 11) is -2.97. The number of hydrogen-bond donors (Lipinski definition) is 2. The number of carbonyl (C=O) groups is 1. The van der Waals surface area contributed by atoms with Crippen LogP contribution in [0.25, 0.3) is 0 Å². The largest absolute Gasteiger partial charge is 0.478 e. The Balaban J connectivity index is 0.000000331. The van der Waals surface area contributed by atoms with Crippen molar-refractivity contribution in [2.45, 2.75) is 19.9 Å². The molecule has 0 saturated carbocycles. The second kappa shape index (κ2) is 7.35. The van der Waals surface area contributed by atoms with Crippen LogP contribution in [0.4, 0.5) is 0 Å². The Kier molecular flexibility index (Phi) is 6.90. The van der Waals surface area contributed by atoms with E-state index in [0.717, 1.165) is 6.26 Å². The van der Waals surface area contributed by atoms with Crippen molar-refractivity contribution in [3.05, 3.63) is 34.9 Å². The van der Waals surface area contributed by atoms with E-state index in [2.05, 4.69) is 4.72 Å². The van der Waals surface area contributed by atoms with Gasteiger partial charge >= 0.3 is 5.97 Å². The van der Waals surface area contributed by atoms with Crippen LogP contribution < -0.4 is 4.72 Å². The van der Waals surface area contributed by atoms with Gasteiger partial charge in [0.05, 0.1) is 11.8 Å². The molecule has 0 fully saturated rings. The van der Waals surface area contributed by atoms with E-state index in [1.165, 1.54) is 12.1 Å². The van der Waals surface area contributed by atoms with E-state index in [1.807, 2.05) is 0 Å². The highest BCUT2D eigenvalue weighted by atomic mass is 35.5. The average Bonchev–Trinajstić information content (AvgIpc) is 2.14. The molecule has 0 unspecified atom stereocenters. The van der Waals surface area contributed by atoms with Gasteiger partial charge in [-0.2, -0.15) is 0 Å². The summed E-state index contributed by atoms with van der Waals surface area (Å²) in [6.07, 6.45) is 1.15. The van der Waals surface area contributed by atoms with Crippen molar-refractivity contribution in [1.29, 1.82) is 0 Å². The highest BCUT2D eigenvalue weighted by Crippen LogP contribution is 2.09. The van der Waals surface area contributed by atoms with Gasteiger partial charge in [-0.3, -0.25) is 0 Å². The Morgan fingerprint density at radius 1 is 1.39 bits per heavy atom. The molecule has 0 aromatic heterocycles. The van der Waals surface area contributed by atoms with E-state index in [0.29, 0.717) is 5.02 Å². The van der Waals surface area contributed by atoms with Gasteiger partial charge in [0.1, 0.15) is 0 Å². The quantitative estimate of drug-likeness (QED) is 0.892. The lowest BCUT2D eigenvalue weighted by Crippen LogP contribution is -2.28. The lowest BCUT2D eigenvalue weighted by atomic mass is 10.2. The highest BCUT2D eigenvalue weighted by molar-refractivity contribution is 7.88. The summed E-state index contributed by atoms with van der Waals surface area (Å²) >= 11 is 5.53. The molecule has 0 aliphatic heterocycles. The van der Waals surface area contributed by atoms with Crippen molar-refractivity contribution in [3.8, 4) is 0 Å². The summed E-state index contributed by atoms with van der Waals surface area (Å²) in [4.78, 5) is 10.3. The number of aromatic carboxylic acids is 1. The van der Waals surface area contributed by atoms with Crippen molar-refractivity contribution in [3.63, 3.8) is 0 Å². The van der Waals surface area contributed by atoms with E-state index in [1.54, 1.807) is 26.0 Å². The Hall–Kier alpha value is -1.11. The van der Waals surface area contributed by atoms with Crippen LogP contribution in [-0.4, -0.2) is 31.8 Å². The van der Waals surface area contributed by atoms with E-state index < -0.39 is 16.0 Å². The van der Waals surface area contributed by atoms with Crippen LogP contribution in [0.3, 0.4) is 0 Å². The smallest absolute Gasteiger partial charge is 0.335 e. The molecule has 2 N–H and O–H groups in total. The molecular formula is C11H16ClNO4S.